The van der Waals surface area contributed by atoms with Crippen LogP contribution >= 0.6 is 0 Å². The van der Waals surface area contributed by atoms with Gasteiger partial charge in [0.15, 0.2) is 0 Å². The quantitative estimate of drug-likeness (QED) is 0.725. The summed E-state index contributed by atoms with van der Waals surface area (Å²) in [4.78, 5) is 29.6. The summed E-state index contributed by atoms with van der Waals surface area (Å²) in [5.74, 6) is -0.0938. The lowest BCUT2D eigenvalue weighted by atomic mass is 10.0. The van der Waals surface area contributed by atoms with Crippen LogP contribution in [0.2, 0.25) is 0 Å². The topological polar surface area (TPSA) is 52.7 Å². The third kappa shape index (κ3) is 5.39. The van der Waals surface area contributed by atoms with Gasteiger partial charge in [-0.2, -0.15) is 0 Å². The van der Waals surface area contributed by atoms with Gasteiger partial charge in [0.25, 0.3) is 0 Å². The van der Waals surface area contributed by atoms with Gasteiger partial charge in [0.2, 0.25) is 11.8 Å². The van der Waals surface area contributed by atoms with Crippen LogP contribution in [0.3, 0.4) is 0 Å². The molecule has 2 unspecified atom stereocenters. The van der Waals surface area contributed by atoms with E-state index >= 15 is 0 Å². The van der Waals surface area contributed by atoms with E-state index in [2.05, 4.69) is 49.2 Å². The molecule has 2 aliphatic rings. The van der Waals surface area contributed by atoms with Crippen molar-refractivity contribution in [2.45, 2.75) is 84.5 Å². The molecule has 1 aromatic rings. The number of carbonyl (C=O) groups excluding carboxylic acids is 2. The minimum absolute atomic E-state index is 0.00736. The number of amides is 2. The number of nitrogens with zero attached hydrogens (tertiary/aromatic N) is 2. The lowest BCUT2D eigenvalue weighted by Gasteiger charge is -2.33. The Labute approximate surface area is 175 Å². The summed E-state index contributed by atoms with van der Waals surface area (Å²) in [7, 11) is 0. The molecule has 5 heteroatoms. The van der Waals surface area contributed by atoms with Crippen LogP contribution in [0.5, 0.6) is 0 Å². The standard InChI is InChI=1S/C24H37N3O2/c1-4-22(5-2)27-17-21(14-23(27)28)24(29)25-15-19-11-6-7-12-20(19)16-26-13-9-8-10-18(26)3/h6-7,11-12,18,21-22H,4-5,8-10,13-17H2,1-3H3,(H,25,29). The summed E-state index contributed by atoms with van der Waals surface area (Å²) in [6, 6.07) is 9.29. The monoisotopic (exact) mass is 399 g/mol. The average Bonchev–Trinajstić information content (AvgIpc) is 3.11. The molecule has 1 N–H and O–H groups in total. The largest absolute Gasteiger partial charge is 0.352 e. The number of carbonyl (C=O) groups is 2. The molecule has 0 spiro atoms. The van der Waals surface area contributed by atoms with E-state index in [0.29, 0.717) is 25.6 Å². The maximum absolute atomic E-state index is 12.8. The third-order valence-electron chi connectivity index (χ3n) is 6.80. The lowest BCUT2D eigenvalue weighted by molar-refractivity contribution is -0.130. The highest BCUT2D eigenvalue weighted by molar-refractivity contribution is 5.89. The smallest absolute Gasteiger partial charge is 0.225 e. The van der Waals surface area contributed by atoms with Gasteiger partial charge < -0.3 is 10.2 Å². The molecule has 160 valence electrons. The van der Waals surface area contributed by atoms with Crippen LogP contribution < -0.4 is 5.32 Å². The fourth-order valence-corrected chi connectivity index (χ4v) is 4.81. The molecular weight excluding hydrogens is 362 g/mol. The molecule has 2 aliphatic heterocycles. The Morgan fingerprint density at radius 3 is 2.59 bits per heavy atom. The van der Waals surface area contributed by atoms with E-state index in [1.165, 1.54) is 30.4 Å². The van der Waals surface area contributed by atoms with Gasteiger partial charge in [-0.15, -0.1) is 0 Å². The first kappa shape index (κ1) is 21.8. The maximum Gasteiger partial charge on any atom is 0.225 e. The normalized spacial score (nSPS) is 23.0. The molecule has 2 saturated heterocycles. The molecule has 0 aromatic heterocycles. The summed E-state index contributed by atoms with van der Waals surface area (Å²) < 4.78 is 0. The van der Waals surface area contributed by atoms with Gasteiger partial charge >= 0.3 is 0 Å². The molecule has 2 atom stereocenters. The van der Waals surface area contributed by atoms with Gasteiger partial charge in [-0.05, 0) is 50.3 Å². The molecule has 0 bridgehead atoms. The van der Waals surface area contributed by atoms with E-state index in [4.69, 9.17) is 0 Å². The van der Waals surface area contributed by atoms with Crippen molar-refractivity contribution in [2.75, 3.05) is 13.1 Å². The second-order valence-electron chi connectivity index (χ2n) is 8.72. The summed E-state index contributed by atoms with van der Waals surface area (Å²) in [6.07, 6.45) is 6.09. The zero-order valence-electron chi connectivity index (χ0n) is 18.3. The van der Waals surface area contributed by atoms with E-state index in [1.807, 2.05) is 11.0 Å². The van der Waals surface area contributed by atoms with E-state index in [9.17, 15) is 9.59 Å². The molecule has 1 aromatic carbocycles. The number of rotatable bonds is 8. The molecule has 2 heterocycles. The van der Waals surface area contributed by atoms with E-state index in [1.54, 1.807) is 0 Å². The minimum atomic E-state index is -0.225. The first-order chi connectivity index (χ1) is 14.0. The van der Waals surface area contributed by atoms with Crippen LogP contribution in [0.25, 0.3) is 0 Å². The second-order valence-corrected chi connectivity index (χ2v) is 8.72. The first-order valence-corrected chi connectivity index (χ1v) is 11.4. The zero-order valence-corrected chi connectivity index (χ0v) is 18.3. The maximum atomic E-state index is 12.8. The SMILES string of the molecule is CCC(CC)N1CC(C(=O)NCc2ccccc2CN2CCCCC2C)CC1=O. The van der Waals surface area contributed by atoms with Crippen molar-refractivity contribution in [3.05, 3.63) is 35.4 Å². The van der Waals surface area contributed by atoms with Gasteiger partial charge in [0, 0.05) is 38.1 Å². The third-order valence-corrected chi connectivity index (χ3v) is 6.80. The van der Waals surface area contributed by atoms with Gasteiger partial charge in [-0.25, -0.2) is 0 Å². The fraction of sp³-hybridized carbons (Fsp3) is 0.667. The Bertz CT molecular complexity index is 701. The molecular formula is C24H37N3O2. The average molecular weight is 400 g/mol. The molecule has 5 nitrogen and oxygen atoms in total. The predicted octanol–water partition coefficient (Wildman–Crippen LogP) is 3.71. The number of nitrogens with one attached hydrogen (secondary N) is 1. The number of piperidine rings is 1. The number of hydrogen-bond acceptors (Lipinski definition) is 3. The van der Waals surface area contributed by atoms with Gasteiger partial charge in [-0.3, -0.25) is 14.5 Å². The van der Waals surface area contributed by atoms with E-state index in [-0.39, 0.29) is 23.8 Å². The summed E-state index contributed by atoms with van der Waals surface area (Å²) in [5, 5.41) is 3.11. The van der Waals surface area contributed by atoms with Gasteiger partial charge in [-0.1, -0.05) is 44.5 Å². The summed E-state index contributed by atoms with van der Waals surface area (Å²) in [5.41, 5.74) is 2.47. The van der Waals surface area contributed by atoms with Crippen molar-refractivity contribution >= 4 is 11.8 Å². The van der Waals surface area contributed by atoms with Crippen molar-refractivity contribution in [3.63, 3.8) is 0 Å². The molecule has 2 fully saturated rings. The summed E-state index contributed by atoms with van der Waals surface area (Å²) >= 11 is 0. The number of likely N-dealkylation sites (tertiary alicyclic amines) is 2. The summed E-state index contributed by atoms with van der Waals surface area (Å²) in [6.45, 7) is 9.71. The van der Waals surface area contributed by atoms with Crippen molar-refractivity contribution < 1.29 is 9.59 Å². The fourth-order valence-electron chi connectivity index (χ4n) is 4.81. The molecule has 29 heavy (non-hydrogen) atoms. The Balaban J connectivity index is 1.57. The molecule has 3 rings (SSSR count). The van der Waals surface area contributed by atoms with Crippen molar-refractivity contribution in [3.8, 4) is 0 Å². The molecule has 0 aliphatic carbocycles. The predicted molar refractivity (Wildman–Crippen MR) is 116 cm³/mol. The molecule has 0 saturated carbocycles. The van der Waals surface area contributed by atoms with Crippen molar-refractivity contribution in [1.29, 1.82) is 0 Å². The van der Waals surface area contributed by atoms with Crippen LogP contribution in [0, 0.1) is 5.92 Å². The number of hydrogen-bond donors (Lipinski definition) is 1. The zero-order chi connectivity index (χ0) is 20.8. The van der Waals surface area contributed by atoms with Gasteiger partial charge in [0.05, 0.1) is 5.92 Å². The molecule has 0 radical (unpaired) electrons. The molecule has 2 amide bonds. The van der Waals surface area contributed by atoms with Gasteiger partial charge in [0.1, 0.15) is 0 Å². The Kier molecular flexibility index (Phi) is 7.70. The highest BCUT2D eigenvalue weighted by atomic mass is 16.2. The highest BCUT2D eigenvalue weighted by Gasteiger charge is 2.36. The Hall–Kier alpha value is -1.88. The van der Waals surface area contributed by atoms with Crippen LogP contribution in [0.1, 0.15) is 70.4 Å². The van der Waals surface area contributed by atoms with Crippen molar-refractivity contribution in [1.82, 2.24) is 15.1 Å². The van der Waals surface area contributed by atoms with E-state index < -0.39 is 0 Å². The van der Waals surface area contributed by atoms with Crippen LogP contribution in [0.15, 0.2) is 24.3 Å². The van der Waals surface area contributed by atoms with Crippen LogP contribution in [-0.4, -0.2) is 46.8 Å². The second kappa shape index (κ2) is 10.2. The highest BCUT2D eigenvalue weighted by Crippen LogP contribution is 2.24. The van der Waals surface area contributed by atoms with Crippen LogP contribution in [0.4, 0.5) is 0 Å². The Morgan fingerprint density at radius 2 is 1.90 bits per heavy atom. The Morgan fingerprint density at radius 1 is 1.17 bits per heavy atom. The number of benzene rings is 1. The minimum Gasteiger partial charge on any atom is -0.352 e. The van der Waals surface area contributed by atoms with E-state index in [0.717, 1.165) is 25.9 Å². The first-order valence-electron chi connectivity index (χ1n) is 11.4. The lowest BCUT2D eigenvalue weighted by Crippen LogP contribution is -2.38. The van der Waals surface area contributed by atoms with Crippen molar-refractivity contribution in [2.24, 2.45) is 5.92 Å². The van der Waals surface area contributed by atoms with Crippen LogP contribution in [-0.2, 0) is 22.7 Å².